The van der Waals surface area contributed by atoms with E-state index in [-0.39, 0.29) is 0 Å². The van der Waals surface area contributed by atoms with Gasteiger partial charge in [0.05, 0.1) is 0 Å². The summed E-state index contributed by atoms with van der Waals surface area (Å²) in [6.07, 6.45) is 2.11. The van der Waals surface area contributed by atoms with Crippen molar-refractivity contribution in [3.05, 3.63) is 11.9 Å². The lowest BCUT2D eigenvalue weighted by atomic mass is 10.2. The molecule has 17 heavy (non-hydrogen) atoms. The Balaban J connectivity index is 2.57. The maximum absolute atomic E-state index is 5.70. The van der Waals surface area contributed by atoms with Crippen LogP contribution in [0.1, 0.15) is 12.7 Å². The summed E-state index contributed by atoms with van der Waals surface area (Å²) in [6.45, 7) is 3.45. The number of aromatic nitrogens is 2. The Bertz CT molecular complexity index is 348. The number of hydrogen-bond donors (Lipinski definition) is 2. The SMILES string of the molecule is COCc1nc(N)cc(NCC(C)CSC)n1. The summed E-state index contributed by atoms with van der Waals surface area (Å²) in [7, 11) is 1.61. The summed E-state index contributed by atoms with van der Waals surface area (Å²) in [5.74, 6) is 3.54. The quantitative estimate of drug-likeness (QED) is 0.772. The molecule has 96 valence electrons. The van der Waals surface area contributed by atoms with Crippen LogP contribution in [0.15, 0.2) is 6.07 Å². The van der Waals surface area contributed by atoms with Crippen molar-refractivity contribution in [1.29, 1.82) is 0 Å². The van der Waals surface area contributed by atoms with Crippen LogP contribution in [-0.4, -0.2) is 35.6 Å². The number of hydrogen-bond acceptors (Lipinski definition) is 6. The Kier molecular flexibility index (Phi) is 6.07. The maximum atomic E-state index is 5.70. The Morgan fingerprint density at radius 3 is 2.94 bits per heavy atom. The zero-order valence-corrected chi connectivity index (χ0v) is 11.4. The second kappa shape index (κ2) is 7.34. The summed E-state index contributed by atoms with van der Waals surface area (Å²) in [5, 5.41) is 3.27. The third-order valence-electron chi connectivity index (χ3n) is 2.15. The molecule has 1 aromatic rings. The van der Waals surface area contributed by atoms with Gasteiger partial charge in [-0.1, -0.05) is 6.92 Å². The van der Waals surface area contributed by atoms with Crippen molar-refractivity contribution in [2.24, 2.45) is 5.92 Å². The van der Waals surface area contributed by atoms with E-state index in [0.29, 0.717) is 24.2 Å². The van der Waals surface area contributed by atoms with Gasteiger partial charge in [0.15, 0.2) is 5.82 Å². The van der Waals surface area contributed by atoms with Crippen molar-refractivity contribution in [2.75, 3.05) is 36.7 Å². The minimum atomic E-state index is 0.375. The standard InChI is InChI=1S/C11H20N4OS/c1-8(7-17-3)5-13-10-4-9(12)14-11(15-10)6-16-2/h4,8H,5-7H2,1-3H3,(H3,12,13,14,15). The number of nitrogen functional groups attached to an aromatic ring is 1. The molecule has 0 saturated carbocycles. The number of nitrogens with two attached hydrogens (primary N) is 1. The Labute approximate surface area is 107 Å². The molecule has 1 atom stereocenters. The minimum absolute atomic E-state index is 0.375. The molecular weight excluding hydrogens is 236 g/mol. The predicted molar refractivity (Wildman–Crippen MR) is 73.2 cm³/mol. The first-order chi connectivity index (χ1) is 8.15. The summed E-state index contributed by atoms with van der Waals surface area (Å²) in [5.41, 5.74) is 5.70. The van der Waals surface area contributed by atoms with Gasteiger partial charge in [0, 0.05) is 19.7 Å². The van der Waals surface area contributed by atoms with Crippen LogP contribution in [0.4, 0.5) is 11.6 Å². The lowest BCUT2D eigenvalue weighted by Crippen LogP contribution is -2.15. The molecular formula is C11H20N4OS. The molecule has 0 fully saturated rings. The van der Waals surface area contributed by atoms with Gasteiger partial charge < -0.3 is 15.8 Å². The number of methoxy groups -OCH3 is 1. The number of anilines is 2. The lowest BCUT2D eigenvalue weighted by Gasteiger charge is -2.12. The highest BCUT2D eigenvalue weighted by atomic mass is 32.2. The maximum Gasteiger partial charge on any atom is 0.158 e. The second-order valence-electron chi connectivity index (χ2n) is 3.97. The number of thioether (sulfide) groups is 1. The first-order valence-electron chi connectivity index (χ1n) is 5.51. The van der Waals surface area contributed by atoms with E-state index in [1.165, 1.54) is 0 Å². The largest absolute Gasteiger partial charge is 0.384 e. The zero-order chi connectivity index (χ0) is 12.7. The van der Waals surface area contributed by atoms with E-state index in [0.717, 1.165) is 18.1 Å². The summed E-state index contributed by atoms with van der Waals surface area (Å²) in [6, 6.07) is 1.74. The van der Waals surface area contributed by atoms with E-state index in [2.05, 4.69) is 28.5 Å². The predicted octanol–water partition coefficient (Wildman–Crippen LogP) is 1.62. The highest BCUT2D eigenvalue weighted by Gasteiger charge is 2.04. The molecule has 0 radical (unpaired) electrons. The normalized spacial score (nSPS) is 12.4. The molecule has 0 saturated heterocycles. The first-order valence-corrected chi connectivity index (χ1v) is 6.90. The van der Waals surface area contributed by atoms with Crippen LogP contribution in [-0.2, 0) is 11.3 Å². The van der Waals surface area contributed by atoms with E-state index >= 15 is 0 Å². The smallest absolute Gasteiger partial charge is 0.158 e. The molecule has 0 aromatic carbocycles. The highest BCUT2D eigenvalue weighted by molar-refractivity contribution is 7.98. The molecule has 1 heterocycles. The third-order valence-corrected chi connectivity index (χ3v) is 3.05. The van der Waals surface area contributed by atoms with E-state index in [9.17, 15) is 0 Å². The van der Waals surface area contributed by atoms with Gasteiger partial charge in [0.2, 0.25) is 0 Å². The molecule has 0 aliphatic heterocycles. The summed E-state index contributed by atoms with van der Waals surface area (Å²) in [4.78, 5) is 8.41. The number of nitrogens with zero attached hydrogens (tertiary/aromatic N) is 2. The molecule has 0 aliphatic carbocycles. The summed E-state index contributed by atoms with van der Waals surface area (Å²) < 4.78 is 4.99. The van der Waals surface area contributed by atoms with Gasteiger partial charge in [-0.3, -0.25) is 0 Å². The van der Waals surface area contributed by atoms with E-state index in [1.54, 1.807) is 13.2 Å². The molecule has 0 spiro atoms. The fourth-order valence-corrected chi connectivity index (χ4v) is 2.11. The van der Waals surface area contributed by atoms with Gasteiger partial charge in [0.25, 0.3) is 0 Å². The van der Waals surface area contributed by atoms with Gasteiger partial charge in [-0.05, 0) is 17.9 Å². The van der Waals surface area contributed by atoms with E-state index in [4.69, 9.17) is 10.5 Å². The van der Waals surface area contributed by atoms with E-state index < -0.39 is 0 Å². The van der Waals surface area contributed by atoms with Crippen molar-refractivity contribution in [3.63, 3.8) is 0 Å². The molecule has 0 aliphatic rings. The Hall–Kier alpha value is -1.01. The van der Waals surface area contributed by atoms with E-state index in [1.807, 2.05) is 11.8 Å². The fraction of sp³-hybridized carbons (Fsp3) is 0.636. The van der Waals surface area contributed by atoms with Crippen molar-refractivity contribution in [1.82, 2.24) is 9.97 Å². The van der Waals surface area contributed by atoms with Crippen molar-refractivity contribution in [2.45, 2.75) is 13.5 Å². The van der Waals surface area contributed by atoms with Crippen LogP contribution < -0.4 is 11.1 Å². The van der Waals surface area contributed by atoms with Crippen LogP contribution in [0.5, 0.6) is 0 Å². The lowest BCUT2D eigenvalue weighted by molar-refractivity contribution is 0.178. The minimum Gasteiger partial charge on any atom is -0.384 e. The van der Waals surface area contributed by atoms with Gasteiger partial charge in [-0.25, -0.2) is 9.97 Å². The number of rotatable bonds is 7. The molecule has 1 unspecified atom stereocenters. The molecule has 6 heteroatoms. The Morgan fingerprint density at radius 2 is 2.29 bits per heavy atom. The average Bonchev–Trinajstić information content (AvgIpc) is 2.26. The van der Waals surface area contributed by atoms with Gasteiger partial charge in [0.1, 0.15) is 18.2 Å². The van der Waals surface area contributed by atoms with Crippen LogP contribution in [0, 0.1) is 5.92 Å². The average molecular weight is 256 g/mol. The van der Waals surface area contributed by atoms with Crippen molar-refractivity contribution >= 4 is 23.4 Å². The number of ether oxygens (including phenoxy) is 1. The molecule has 5 nitrogen and oxygen atoms in total. The van der Waals surface area contributed by atoms with Gasteiger partial charge in [-0.2, -0.15) is 11.8 Å². The topological polar surface area (TPSA) is 73.1 Å². The number of nitrogens with one attached hydrogen (secondary N) is 1. The molecule has 0 bridgehead atoms. The van der Waals surface area contributed by atoms with Crippen molar-refractivity contribution < 1.29 is 4.74 Å². The highest BCUT2D eigenvalue weighted by Crippen LogP contribution is 2.11. The van der Waals surface area contributed by atoms with Crippen LogP contribution in [0.3, 0.4) is 0 Å². The summed E-state index contributed by atoms with van der Waals surface area (Å²) >= 11 is 1.84. The Morgan fingerprint density at radius 1 is 1.53 bits per heavy atom. The van der Waals surface area contributed by atoms with Crippen LogP contribution >= 0.6 is 11.8 Å². The zero-order valence-electron chi connectivity index (χ0n) is 10.6. The second-order valence-corrected chi connectivity index (χ2v) is 4.88. The van der Waals surface area contributed by atoms with Crippen LogP contribution in [0.2, 0.25) is 0 Å². The molecule has 0 amide bonds. The fourth-order valence-electron chi connectivity index (χ4n) is 1.42. The van der Waals surface area contributed by atoms with Gasteiger partial charge >= 0.3 is 0 Å². The van der Waals surface area contributed by atoms with Crippen molar-refractivity contribution in [3.8, 4) is 0 Å². The van der Waals surface area contributed by atoms with Gasteiger partial charge in [-0.15, -0.1) is 0 Å². The first kappa shape index (κ1) is 14.1. The molecule has 1 aromatic heterocycles. The monoisotopic (exact) mass is 256 g/mol. The molecule has 3 N–H and O–H groups in total. The third kappa shape index (κ3) is 5.23. The molecule has 1 rings (SSSR count). The van der Waals surface area contributed by atoms with Crippen LogP contribution in [0.25, 0.3) is 0 Å².